The predicted octanol–water partition coefficient (Wildman–Crippen LogP) is 5.35. The Balaban J connectivity index is 0.000000415. The molecule has 1 spiro atoms. The Bertz CT molecular complexity index is 178. The van der Waals surface area contributed by atoms with Crippen molar-refractivity contribution in [3.05, 3.63) is 0 Å². The van der Waals surface area contributed by atoms with Gasteiger partial charge in [0.1, 0.15) is 0 Å². The Morgan fingerprint density at radius 1 is 1.00 bits per heavy atom. The molecule has 1 heterocycles. The second-order valence-electron chi connectivity index (χ2n) is 6.15. The first kappa shape index (κ1) is 18.0. The van der Waals surface area contributed by atoms with Crippen LogP contribution in [-0.2, 0) is 0 Å². The van der Waals surface area contributed by atoms with Crippen LogP contribution in [0.4, 0.5) is 0 Å². The van der Waals surface area contributed by atoms with Crippen molar-refractivity contribution in [2.45, 2.75) is 79.6 Å². The van der Waals surface area contributed by atoms with Crippen LogP contribution in [0.25, 0.3) is 0 Å². The molecule has 110 valence electrons. The molecular weight excluding hydrogens is 218 g/mol. The molecule has 0 radical (unpaired) electrons. The molecule has 1 atom stereocenters. The van der Waals surface area contributed by atoms with Gasteiger partial charge in [0.2, 0.25) is 0 Å². The zero-order chi connectivity index (χ0) is 14.0. The average molecular weight is 255 g/mol. The fourth-order valence-electron chi connectivity index (χ4n) is 3.04. The Morgan fingerprint density at radius 3 is 1.83 bits per heavy atom. The van der Waals surface area contributed by atoms with Gasteiger partial charge in [-0.2, -0.15) is 0 Å². The van der Waals surface area contributed by atoms with Crippen molar-refractivity contribution in [1.82, 2.24) is 4.90 Å². The second kappa shape index (κ2) is 9.83. The van der Waals surface area contributed by atoms with Gasteiger partial charge in [-0.3, -0.25) is 0 Å². The van der Waals surface area contributed by atoms with E-state index in [4.69, 9.17) is 0 Å². The number of hydrogen-bond donors (Lipinski definition) is 0. The minimum absolute atomic E-state index is 0.784. The van der Waals surface area contributed by atoms with Gasteiger partial charge < -0.3 is 4.90 Å². The van der Waals surface area contributed by atoms with E-state index in [1.54, 1.807) is 0 Å². The van der Waals surface area contributed by atoms with Crippen molar-refractivity contribution in [2.24, 2.45) is 11.3 Å². The molecule has 0 aromatic carbocycles. The standard InChI is InChI=1S/C11H21N.C4H10.C2H6/c1-10-3-4-11(9-10)5-7-12(2)8-6-11;1-3-4-2;1-2/h10H,3-9H2,1-2H3;3-4H2,1-2H3;1-2H3. The van der Waals surface area contributed by atoms with Crippen molar-refractivity contribution in [2.75, 3.05) is 20.1 Å². The third-order valence-corrected chi connectivity index (χ3v) is 4.50. The van der Waals surface area contributed by atoms with Crippen LogP contribution < -0.4 is 0 Å². The molecule has 0 aromatic rings. The zero-order valence-electron chi connectivity index (χ0n) is 13.9. The van der Waals surface area contributed by atoms with Crippen molar-refractivity contribution in [1.29, 1.82) is 0 Å². The van der Waals surface area contributed by atoms with Crippen LogP contribution in [0.3, 0.4) is 0 Å². The van der Waals surface area contributed by atoms with Gasteiger partial charge in [0.15, 0.2) is 0 Å². The number of unbranched alkanes of at least 4 members (excludes halogenated alkanes) is 1. The fraction of sp³-hybridized carbons (Fsp3) is 1.00. The minimum atomic E-state index is 0.784. The molecule has 2 aliphatic rings. The van der Waals surface area contributed by atoms with Crippen molar-refractivity contribution >= 4 is 0 Å². The second-order valence-corrected chi connectivity index (χ2v) is 6.15. The van der Waals surface area contributed by atoms with Gasteiger partial charge >= 0.3 is 0 Å². The first-order chi connectivity index (χ1) is 8.62. The Kier molecular flexibility index (Phi) is 9.81. The summed E-state index contributed by atoms with van der Waals surface area (Å²) in [5.74, 6) is 1.01. The molecule has 1 heteroatoms. The molecule has 0 amide bonds. The molecule has 2 rings (SSSR count). The molecule has 1 saturated heterocycles. The smallest absolute Gasteiger partial charge is 0.00165 e. The van der Waals surface area contributed by atoms with Crippen LogP contribution in [0.15, 0.2) is 0 Å². The summed E-state index contributed by atoms with van der Waals surface area (Å²) < 4.78 is 0. The number of rotatable bonds is 1. The highest BCUT2D eigenvalue weighted by molar-refractivity contribution is 4.91. The third kappa shape index (κ3) is 6.22. The quantitative estimate of drug-likeness (QED) is 0.610. The average Bonchev–Trinajstić information content (AvgIpc) is 2.78. The maximum atomic E-state index is 2.48. The van der Waals surface area contributed by atoms with E-state index in [9.17, 15) is 0 Å². The third-order valence-electron chi connectivity index (χ3n) is 4.50. The zero-order valence-corrected chi connectivity index (χ0v) is 13.9. The molecule has 2 fully saturated rings. The van der Waals surface area contributed by atoms with Crippen molar-refractivity contribution in [3.63, 3.8) is 0 Å². The summed E-state index contributed by atoms with van der Waals surface area (Å²) in [6.07, 6.45) is 10.1. The van der Waals surface area contributed by atoms with E-state index < -0.39 is 0 Å². The molecular formula is C17H37N. The van der Waals surface area contributed by atoms with E-state index in [1.807, 2.05) is 13.8 Å². The van der Waals surface area contributed by atoms with E-state index in [0.717, 1.165) is 11.3 Å². The van der Waals surface area contributed by atoms with E-state index in [-0.39, 0.29) is 0 Å². The highest BCUT2D eigenvalue weighted by Gasteiger charge is 2.38. The van der Waals surface area contributed by atoms with E-state index in [0.29, 0.717) is 0 Å². The van der Waals surface area contributed by atoms with Crippen LogP contribution in [0, 0.1) is 11.3 Å². The summed E-state index contributed by atoms with van der Waals surface area (Å²) in [5.41, 5.74) is 0.784. The minimum Gasteiger partial charge on any atom is -0.306 e. The highest BCUT2D eigenvalue weighted by atomic mass is 15.1. The van der Waals surface area contributed by atoms with Gasteiger partial charge in [-0.05, 0) is 57.2 Å². The first-order valence-electron chi connectivity index (χ1n) is 8.30. The fourth-order valence-corrected chi connectivity index (χ4v) is 3.04. The number of hydrogen-bond acceptors (Lipinski definition) is 1. The highest BCUT2D eigenvalue weighted by Crippen LogP contribution is 2.48. The maximum Gasteiger partial charge on any atom is -0.00165 e. The topological polar surface area (TPSA) is 3.24 Å². The molecule has 1 aliphatic heterocycles. The van der Waals surface area contributed by atoms with Crippen LogP contribution in [-0.4, -0.2) is 25.0 Å². The van der Waals surface area contributed by atoms with E-state index in [2.05, 4.69) is 32.7 Å². The van der Waals surface area contributed by atoms with Crippen LogP contribution in [0.2, 0.25) is 0 Å². The summed E-state index contributed by atoms with van der Waals surface area (Å²) in [6, 6.07) is 0. The number of nitrogens with zero attached hydrogens (tertiary/aromatic N) is 1. The Hall–Kier alpha value is -0.0400. The summed E-state index contributed by atoms with van der Waals surface area (Å²) in [6.45, 7) is 13.5. The van der Waals surface area contributed by atoms with Gasteiger partial charge in [0.05, 0.1) is 0 Å². The lowest BCUT2D eigenvalue weighted by Gasteiger charge is -2.38. The van der Waals surface area contributed by atoms with Gasteiger partial charge in [-0.1, -0.05) is 53.9 Å². The molecule has 0 aromatic heterocycles. The molecule has 0 N–H and O–H groups in total. The van der Waals surface area contributed by atoms with Gasteiger partial charge in [-0.15, -0.1) is 0 Å². The molecule has 1 nitrogen and oxygen atoms in total. The largest absolute Gasteiger partial charge is 0.306 e. The summed E-state index contributed by atoms with van der Waals surface area (Å²) in [7, 11) is 2.26. The molecule has 1 unspecified atom stereocenters. The van der Waals surface area contributed by atoms with Gasteiger partial charge in [-0.25, -0.2) is 0 Å². The van der Waals surface area contributed by atoms with Crippen molar-refractivity contribution in [3.8, 4) is 0 Å². The lowest BCUT2D eigenvalue weighted by Crippen LogP contribution is -2.36. The van der Waals surface area contributed by atoms with Gasteiger partial charge in [0, 0.05) is 0 Å². The summed E-state index contributed by atoms with van der Waals surface area (Å²) in [4.78, 5) is 2.48. The van der Waals surface area contributed by atoms with Crippen LogP contribution in [0.1, 0.15) is 79.6 Å². The van der Waals surface area contributed by atoms with Crippen LogP contribution >= 0.6 is 0 Å². The van der Waals surface area contributed by atoms with Gasteiger partial charge in [0.25, 0.3) is 0 Å². The Labute approximate surface area is 116 Å². The molecule has 1 aliphatic carbocycles. The lowest BCUT2D eigenvalue weighted by atomic mass is 9.76. The molecule has 1 saturated carbocycles. The predicted molar refractivity (Wildman–Crippen MR) is 84.1 cm³/mol. The maximum absolute atomic E-state index is 2.48. The SMILES string of the molecule is CC.CC1CCC2(CCN(C)CC2)C1.CCCC. The lowest BCUT2D eigenvalue weighted by molar-refractivity contribution is 0.124. The van der Waals surface area contributed by atoms with Crippen molar-refractivity contribution < 1.29 is 0 Å². The molecule has 18 heavy (non-hydrogen) atoms. The number of piperidine rings is 1. The normalized spacial score (nSPS) is 26.0. The number of likely N-dealkylation sites (tertiary alicyclic amines) is 1. The Morgan fingerprint density at radius 2 is 1.50 bits per heavy atom. The monoisotopic (exact) mass is 255 g/mol. The first-order valence-corrected chi connectivity index (χ1v) is 8.30. The van der Waals surface area contributed by atoms with E-state index >= 15 is 0 Å². The molecule has 0 bridgehead atoms. The van der Waals surface area contributed by atoms with Crippen LogP contribution in [0.5, 0.6) is 0 Å². The summed E-state index contributed by atoms with van der Waals surface area (Å²) in [5, 5.41) is 0. The van der Waals surface area contributed by atoms with E-state index in [1.165, 1.54) is 58.0 Å². The summed E-state index contributed by atoms with van der Waals surface area (Å²) >= 11 is 0.